The molecule has 11 heteroatoms. The van der Waals surface area contributed by atoms with E-state index in [1.807, 2.05) is 0 Å². The van der Waals surface area contributed by atoms with Gasteiger partial charge in [0.05, 0.1) is 5.09 Å². The molecule has 0 radical (unpaired) electrons. The van der Waals surface area contributed by atoms with E-state index in [1.54, 1.807) is 0 Å². The Bertz CT molecular complexity index is 76.6. The van der Waals surface area contributed by atoms with Crippen LogP contribution in [0.2, 0.25) is 0 Å². The Morgan fingerprint density at radius 2 is 1.09 bits per heavy atom. The van der Waals surface area contributed by atoms with E-state index in [-0.39, 0.29) is 65.3 Å². The topological polar surface area (TPSA) is 166 Å². The molecule has 0 aliphatic rings. The molecule has 0 aromatic carbocycles. The molecule has 4 N–H and O–H groups in total. The first kappa shape index (κ1) is 29.6. The summed E-state index contributed by atoms with van der Waals surface area (Å²) in [5.74, 6) is 0. The molecule has 56 valence electrons. The molecule has 0 spiro atoms. The summed E-state index contributed by atoms with van der Waals surface area (Å²) in [4.78, 5) is 8.25. The second kappa shape index (κ2) is 22.5. The average Bonchev–Trinajstić information content (AvgIpc) is 1.25. The predicted molar refractivity (Wildman–Crippen MR) is 22.8 cm³/mol. The summed E-state index contributed by atoms with van der Waals surface area (Å²) in [6.45, 7) is 0. The van der Waals surface area contributed by atoms with E-state index >= 15 is 0 Å². The quantitative estimate of drug-likeness (QED) is 0.253. The molecule has 0 aromatic heterocycles. The summed E-state index contributed by atoms with van der Waals surface area (Å²) in [5, 5.41) is 14.8. The van der Waals surface area contributed by atoms with Gasteiger partial charge in [-0.15, -0.1) is 0 Å². The van der Waals surface area contributed by atoms with Crippen LogP contribution in [0.25, 0.3) is 0 Å². The molecule has 0 unspecified atom stereocenters. The van der Waals surface area contributed by atoms with Crippen molar-refractivity contribution in [3.05, 3.63) is 15.3 Å². The fourth-order valence-electron chi connectivity index (χ4n) is 0. The fourth-order valence-corrected chi connectivity index (χ4v) is 0. The summed E-state index contributed by atoms with van der Waals surface area (Å²) in [5.41, 5.74) is 0. The summed E-state index contributed by atoms with van der Waals surface area (Å²) in [6, 6.07) is 0. The van der Waals surface area contributed by atoms with Crippen molar-refractivity contribution in [1.82, 2.24) is 6.15 Å². The summed E-state index contributed by atoms with van der Waals surface area (Å²) >= 11 is -4.08. The van der Waals surface area contributed by atoms with E-state index in [0.29, 0.717) is 0 Å². The first-order valence-electron chi connectivity index (χ1n) is 1.16. The summed E-state index contributed by atoms with van der Waals surface area (Å²) in [7, 11) is 0. The van der Waals surface area contributed by atoms with Gasteiger partial charge in [-0.3, -0.25) is 0 Å². The zero-order chi connectivity index (χ0) is 7.15. The van der Waals surface area contributed by atoms with E-state index in [2.05, 4.69) is 0 Å². The molecule has 0 fully saturated rings. The molecular formula is H4GeN2Na2O6. The molecule has 8 nitrogen and oxygen atoms in total. The first-order valence-corrected chi connectivity index (χ1v) is 3.73. The maximum absolute atomic E-state index is 8.58. The fraction of sp³-hybridized carbons (Fsp3) is 0. The summed E-state index contributed by atoms with van der Waals surface area (Å²) < 4.78 is 25.8. The zero-order valence-electron chi connectivity index (χ0n) is 6.40. The van der Waals surface area contributed by atoms with Crippen LogP contribution in [-0.4, -0.2) is 20.0 Å². The Morgan fingerprint density at radius 3 is 1.09 bits per heavy atom. The molecule has 11 heavy (non-hydrogen) atoms. The van der Waals surface area contributed by atoms with Gasteiger partial charge < -0.3 is 21.5 Å². The third kappa shape index (κ3) is 756. The van der Waals surface area contributed by atoms with Crippen LogP contribution < -0.4 is 73.5 Å². The van der Waals surface area contributed by atoms with Gasteiger partial charge in [0.1, 0.15) is 0 Å². The van der Waals surface area contributed by atoms with Crippen LogP contribution in [0.5, 0.6) is 0 Å². The van der Waals surface area contributed by atoms with Crippen molar-refractivity contribution in [1.29, 1.82) is 0 Å². The minimum absolute atomic E-state index is 0. The molecule has 0 atom stereocenters. The van der Waals surface area contributed by atoms with Crippen LogP contribution in [0, 0.1) is 15.3 Å². The van der Waals surface area contributed by atoms with Gasteiger partial charge in [0.2, 0.25) is 0 Å². The third-order valence-electron chi connectivity index (χ3n) is 0. The third-order valence-corrected chi connectivity index (χ3v) is 0. The molecule has 0 aliphatic heterocycles. The van der Waals surface area contributed by atoms with Gasteiger partial charge in [-0.2, -0.15) is 0 Å². The number of hydrogen-bond acceptors (Lipinski definition) is 6. The Morgan fingerprint density at radius 1 is 1.09 bits per heavy atom. The second-order valence-electron chi connectivity index (χ2n) is 0.474. The van der Waals surface area contributed by atoms with Gasteiger partial charge in [0.25, 0.3) is 0 Å². The van der Waals surface area contributed by atoms with E-state index < -0.39 is 20.0 Å². The van der Waals surface area contributed by atoms with Gasteiger partial charge >= 0.3 is 86.1 Å². The van der Waals surface area contributed by atoms with Crippen molar-refractivity contribution in [3.63, 3.8) is 0 Å². The molecule has 0 rings (SSSR count). The number of nitrogens with zero attached hydrogens (tertiary/aromatic N) is 1. The van der Waals surface area contributed by atoms with Crippen LogP contribution in [0.4, 0.5) is 0 Å². The monoisotopic (exact) mass is 248 g/mol. The van der Waals surface area contributed by atoms with Crippen molar-refractivity contribution >= 4 is 15.0 Å². The number of quaternary nitrogens is 1. The van der Waals surface area contributed by atoms with Crippen LogP contribution in [0.3, 0.4) is 0 Å². The Kier molecular flexibility index (Phi) is 60.4. The normalized spacial score (nSPS) is 4.36. The molecule has 0 heterocycles. The second-order valence-corrected chi connectivity index (χ2v) is 1.52. The van der Waals surface area contributed by atoms with Crippen molar-refractivity contribution < 1.29 is 76.2 Å². The Balaban J connectivity index is -0.0000000171. The molecule has 0 saturated heterocycles. The minimum atomic E-state index is -4.08. The maximum atomic E-state index is 8.58. The van der Waals surface area contributed by atoms with Crippen molar-refractivity contribution in [3.8, 4) is 0 Å². The van der Waals surface area contributed by atoms with Crippen LogP contribution >= 0.6 is 0 Å². The zero-order valence-corrected chi connectivity index (χ0v) is 12.5. The van der Waals surface area contributed by atoms with Crippen molar-refractivity contribution in [2.75, 3.05) is 0 Å². The number of rotatable bonds is 0. The van der Waals surface area contributed by atoms with Crippen LogP contribution in [0.1, 0.15) is 0 Å². The summed E-state index contributed by atoms with van der Waals surface area (Å²) in [6.07, 6.45) is 0. The molecular weight excluding hydrogens is 243 g/mol. The van der Waals surface area contributed by atoms with Gasteiger partial charge in [0.15, 0.2) is 0 Å². The molecule has 0 bridgehead atoms. The van der Waals surface area contributed by atoms with E-state index in [0.717, 1.165) is 0 Å². The van der Waals surface area contributed by atoms with E-state index in [4.69, 9.17) is 27.4 Å². The molecule has 0 amide bonds. The van der Waals surface area contributed by atoms with Crippen LogP contribution in [-0.2, 0) is 3.78 Å². The molecule has 0 saturated carbocycles. The molecule has 0 aromatic rings. The van der Waals surface area contributed by atoms with Crippen molar-refractivity contribution in [2.45, 2.75) is 0 Å². The molecule has 0 aliphatic carbocycles. The van der Waals surface area contributed by atoms with Gasteiger partial charge in [-0.1, -0.05) is 0 Å². The average molecular weight is 247 g/mol. The standard InChI is InChI=1S/GeO3.NO3.H3N.2Na/c2*2-1(3)4;;;/h;;1H3;;/q-2;-1;;2*+1/p+1. The first-order chi connectivity index (χ1) is 3.46. The Labute approximate surface area is 111 Å². The van der Waals surface area contributed by atoms with Gasteiger partial charge in [-0.25, -0.2) is 0 Å². The van der Waals surface area contributed by atoms with Gasteiger partial charge in [-0.05, 0) is 0 Å². The van der Waals surface area contributed by atoms with E-state index in [1.165, 1.54) is 0 Å². The number of hydrogen-bond donors (Lipinski definition) is 1. The van der Waals surface area contributed by atoms with E-state index in [9.17, 15) is 0 Å². The predicted octanol–water partition coefficient (Wildman–Crippen LogP) is -8.73. The Hall–Kier alpha value is 1.10. The van der Waals surface area contributed by atoms with Crippen molar-refractivity contribution in [2.24, 2.45) is 0 Å². The van der Waals surface area contributed by atoms with Crippen LogP contribution in [0.15, 0.2) is 0 Å². The SMILES string of the molecule is O=[N+]([O-])[O-].[NH4+].[Na+].[Na+].[O]=[Ge]([O-])[O-]. The van der Waals surface area contributed by atoms with Gasteiger partial charge in [0, 0.05) is 0 Å².